The van der Waals surface area contributed by atoms with Gasteiger partial charge in [0.05, 0.1) is 0 Å². The van der Waals surface area contributed by atoms with E-state index in [-0.39, 0.29) is 12.8 Å². The van der Waals surface area contributed by atoms with E-state index < -0.39 is 34.9 Å². The number of aliphatic hydroxyl groups is 1. The maximum atomic E-state index is 12.3. The number of carbonyl (C=O) groups is 4. The smallest absolute Gasteiger partial charge is 0.267 e. The van der Waals surface area contributed by atoms with Crippen LogP contribution in [0, 0.1) is 5.92 Å². The van der Waals surface area contributed by atoms with Gasteiger partial charge >= 0.3 is 0 Å². The summed E-state index contributed by atoms with van der Waals surface area (Å²) in [4.78, 5) is 48.1. The molecule has 22 heavy (non-hydrogen) atoms. The molecule has 0 spiro atoms. The van der Waals surface area contributed by atoms with Crippen LogP contribution in [0.15, 0.2) is 0 Å². The third kappa shape index (κ3) is 3.95. The Labute approximate surface area is 134 Å². The number of amides is 2. The Hall–Kier alpha value is -1.21. The maximum absolute atomic E-state index is 12.3. The quantitative estimate of drug-likeness (QED) is 0.350. The first-order valence-corrected chi connectivity index (χ1v) is 8.91. The number of ketones is 2. The minimum Gasteiger partial charge on any atom is -0.372 e. The third-order valence-corrected chi connectivity index (χ3v) is 4.49. The molecule has 7 heteroatoms. The van der Waals surface area contributed by atoms with E-state index >= 15 is 0 Å². The fourth-order valence-electron chi connectivity index (χ4n) is 2.48. The van der Waals surface area contributed by atoms with E-state index in [1.165, 1.54) is 0 Å². The number of rotatable bonds is 10. The summed E-state index contributed by atoms with van der Waals surface area (Å²) in [6.07, 6.45) is 4.58. The van der Waals surface area contributed by atoms with Gasteiger partial charge in [-0.25, -0.2) is 0 Å². The van der Waals surface area contributed by atoms with Crippen LogP contribution in [0.25, 0.3) is 0 Å². The molecule has 1 saturated heterocycles. The van der Waals surface area contributed by atoms with Gasteiger partial charge in [0, 0.05) is 12.8 Å². The maximum Gasteiger partial charge on any atom is 0.267 e. The highest BCUT2D eigenvalue weighted by Gasteiger charge is 2.61. The Morgan fingerprint density at radius 2 is 1.91 bits per heavy atom. The van der Waals surface area contributed by atoms with E-state index in [0.717, 1.165) is 18.6 Å². The lowest BCUT2D eigenvalue weighted by atomic mass is 9.80. The Bertz CT molecular complexity index is 465. The van der Waals surface area contributed by atoms with Gasteiger partial charge in [-0.1, -0.05) is 13.3 Å². The molecule has 0 radical (unpaired) electrons. The SMILES string of the molecule is CCCCC(=O)C1C(=O)NC(=O)C1(O)C(=O)CCCCSC. The number of hydrogen-bond donors (Lipinski definition) is 2. The highest BCUT2D eigenvalue weighted by atomic mass is 32.2. The minimum absolute atomic E-state index is 0.0185. The number of carbonyl (C=O) groups excluding carboxylic acids is 4. The standard InChI is InChI=1S/C15H23NO5S/c1-3-4-7-10(17)12-13(19)16-14(20)15(12,21)11(18)8-5-6-9-22-2/h12,21H,3-9H2,1-2H3,(H,16,19,20). The molecular formula is C15H23NO5S. The lowest BCUT2D eigenvalue weighted by Crippen LogP contribution is -2.52. The van der Waals surface area contributed by atoms with Gasteiger partial charge in [-0.2, -0.15) is 11.8 Å². The van der Waals surface area contributed by atoms with Crippen LogP contribution in [-0.4, -0.2) is 46.1 Å². The molecule has 0 aliphatic carbocycles. The normalized spacial score (nSPS) is 24.4. The zero-order valence-electron chi connectivity index (χ0n) is 13.0. The summed E-state index contributed by atoms with van der Waals surface area (Å²) >= 11 is 1.64. The average molecular weight is 329 g/mol. The van der Waals surface area contributed by atoms with E-state index in [0.29, 0.717) is 12.8 Å². The number of Topliss-reactive ketones (excluding diaryl/α,β-unsaturated/α-hetero) is 2. The fourth-order valence-corrected chi connectivity index (χ4v) is 2.98. The molecule has 6 nitrogen and oxygen atoms in total. The second-order valence-corrected chi connectivity index (χ2v) is 6.45. The first kappa shape index (κ1) is 18.8. The molecule has 1 fully saturated rings. The lowest BCUT2D eigenvalue weighted by Gasteiger charge is -2.23. The number of hydrogen-bond acceptors (Lipinski definition) is 6. The molecule has 0 aromatic carbocycles. The van der Waals surface area contributed by atoms with E-state index in [9.17, 15) is 24.3 Å². The van der Waals surface area contributed by atoms with Crippen LogP contribution in [0.1, 0.15) is 45.4 Å². The summed E-state index contributed by atoms with van der Waals surface area (Å²) in [7, 11) is 0. The van der Waals surface area contributed by atoms with Gasteiger partial charge in [-0.15, -0.1) is 0 Å². The summed E-state index contributed by atoms with van der Waals surface area (Å²) in [5.74, 6) is -3.96. The van der Waals surface area contributed by atoms with E-state index in [2.05, 4.69) is 0 Å². The van der Waals surface area contributed by atoms with Gasteiger partial charge < -0.3 is 5.11 Å². The van der Waals surface area contributed by atoms with Crippen LogP contribution in [-0.2, 0) is 19.2 Å². The van der Waals surface area contributed by atoms with Crippen LogP contribution in [0.5, 0.6) is 0 Å². The molecule has 0 aromatic rings. The Kier molecular flexibility index (Phi) is 7.22. The topological polar surface area (TPSA) is 101 Å². The summed E-state index contributed by atoms with van der Waals surface area (Å²) in [5.41, 5.74) is -2.53. The molecule has 1 heterocycles. The molecule has 0 aromatic heterocycles. The minimum atomic E-state index is -2.53. The predicted molar refractivity (Wildman–Crippen MR) is 83.4 cm³/mol. The van der Waals surface area contributed by atoms with Crippen molar-refractivity contribution in [3.8, 4) is 0 Å². The Morgan fingerprint density at radius 3 is 2.50 bits per heavy atom. The molecule has 2 N–H and O–H groups in total. The second kappa shape index (κ2) is 8.43. The number of nitrogens with one attached hydrogen (secondary N) is 1. The summed E-state index contributed by atoms with van der Waals surface area (Å²) in [6, 6.07) is 0. The van der Waals surface area contributed by atoms with Crippen LogP contribution in [0.2, 0.25) is 0 Å². The number of imide groups is 1. The van der Waals surface area contributed by atoms with E-state index in [1.807, 2.05) is 18.5 Å². The molecule has 1 rings (SSSR count). The van der Waals surface area contributed by atoms with E-state index in [1.54, 1.807) is 11.8 Å². The molecule has 1 aliphatic heterocycles. The highest BCUT2D eigenvalue weighted by molar-refractivity contribution is 7.98. The largest absolute Gasteiger partial charge is 0.372 e. The zero-order chi connectivity index (χ0) is 16.8. The Balaban J connectivity index is 2.84. The molecular weight excluding hydrogens is 306 g/mol. The lowest BCUT2D eigenvalue weighted by molar-refractivity contribution is -0.158. The second-order valence-electron chi connectivity index (χ2n) is 5.46. The number of thioether (sulfide) groups is 1. The van der Waals surface area contributed by atoms with Gasteiger partial charge in [-0.3, -0.25) is 24.5 Å². The molecule has 0 saturated carbocycles. The van der Waals surface area contributed by atoms with Gasteiger partial charge in [0.25, 0.3) is 5.91 Å². The number of unbranched alkanes of at least 4 members (excludes halogenated alkanes) is 2. The van der Waals surface area contributed by atoms with Crippen molar-refractivity contribution >= 4 is 35.1 Å². The van der Waals surface area contributed by atoms with Gasteiger partial charge in [0.1, 0.15) is 11.7 Å². The van der Waals surface area contributed by atoms with E-state index in [4.69, 9.17) is 0 Å². The zero-order valence-corrected chi connectivity index (χ0v) is 13.8. The molecule has 2 atom stereocenters. The van der Waals surface area contributed by atoms with Crippen molar-refractivity contribution in [2.75, 3.05) is 12.0 Å². The molecule has 0 bridgehead atoms. The molecule has 2 amide bonds. The van der Waals surface area contributed by atoms with Crippen molar-refractivity contribution in [2.24, 2.45) is 5.92 Å². The summed E-state index contributed by atoms with van der Waals surface area (Å²) in [6.45, 7) is 1.89. The fraction of sp³-hybridized carbons (Fsp3) is 0.733. The van der Waals surface area contributed by atoms with Crippen LogP contribution in [0.4, 0.5) is 0 Å². The van der Waals surface area contributed by atoms with Crippen molar-refractivity contribution in [1.29, 1.82) is 0 Å². The van der Waals surface area contributed by atoms with Crippen LogP contribution < -0.4 is 5.32 Å². The first-order valence-electron chi connectivity index (χ1n) is 7.52. The summed E-state index contributed by atoms with van der Waals surface area (Å²) < 4.78 is 0. The van der Waals surface area contributed by atoms with Crippen molar-refractivity contribution in [3.63, 3.8) is 0 Å². The molecule has 124 valence electrons. The summed E-state index contributed by atoms with van der Waals surface area (Å²) in [5, 5.41) is 12.4. The Morgan fingerprint density at radius 1 is 1.23 bits per heavy atom. The van der Waals surface area contributed by atoms with Gasteiger partial charge in [0.15, 0.2) is 5.78 Å². The highest BCUT2D eigenvalue weighted by Crippen LogP contribution is 2.29. The van der Waals surface area contributed by atoms with Gasteiger partial charge in [-0.05, 0) is 31.3 Å². The van der Waals surface area contributed by atoms with Crippen molar-refractivity contribution < 1.29 is 24.3 Å². The average Bonchev–Trinajstić information content (AvgIpc) is 2.71. The van der Waals surface area contributed by atoms with Crippen molar-refractivity contribution in [1.82, 2.24) is 5.32 Å². The molecule has 2 unspecified atom stereocenters. The van der Waals surface area contributed by atoms with Crippen molar-refractivity contribution in [3.05, 3.63) is 0 Å². The molecule has 1 aliphatic rings. The third-order valence-electron chi connectivity index (χ3n) is 3.79. The monoisotopic (exact) mass is 329 g/mol. The van der Waals surface area contributed by atoms with Gasteiger partial charge in [0.2, 0.25) is 11.5 Å². The predicted octanol–water partition coefficient (Wildman–Crippen LogP) is 0.852. The van der Waals surface area contributed by atoms with Crippen LogP contribution >= 0.6 is 11.8 Å². The van der Waals surface area contributed by atoms with Crippen LogP contribution in [0.3, 0.4) is 0 Å². The first-order chi connectivity index (χ1) is 10.4. The van der Waals surface area contributed by atoms with Crippen molar-refractivity contribution in [2.45, 2.75) is 51.0 Å².